The van der Waals surface area contributed by atoms with Crippen LogP contribution in [0, 0.1) is 0 Å². The SMILES string of the molecule is CCCCCCCCN1C(=O)C(C2S/C(=C\c3sc(-c4ccc(N(c5ccc(-c6ccc(-c7ccc(OCCCCCC)cc7)s6)cc5)c5ccc(-c6ccc(-c7ccc(OCCCCCC)cc7)s6)cc5)cc4)c4c3OCCO4)C(=O)N2CC(=O)O)SC1=S. The Balaban J connectivity index is 0.848. The molecule has 0 spiro atoms. The van der Waals surface area contributed by atoms with E-state index in [1.54, 1.807) is 33.6 Å². The fraction of sp³-hybridized carbons (Fsp3) is 0.342. The summed E-state index contributed by atoms with van der Waals surface area (Å²) in [6.07, 6.45) is 17.6. The molecule has 11 nitrogen and oxygen atoms in total. The van der Waals surface area contributed by atoms with Crippen LogP contribution in [0.4, 0.5) is 17.1 Å². The molecule has 0 saturated carbocycles. The van der Waals surface area contributed by atoms with Crippen molar-refractivity contribution in [3.63, 3.8) is 0 Å². The lowest BCUT2D eigenvalue weighted by atomic mass is 10.1. The molecule has 17 heteroatoms. The minimum Gasteiger partial charge on any atom is -0.494 e. The third-order valence-electron chi connectivity index (χ3n) is 16.2. The van der Waals surface area contributed by atoms with E-state index in [-0.39, 0.29) is 5.91 Å². The zero-order valence-electron chi connectivity index (χ0n) is 51.3. The van der Waals surface area contributed by atoms with Crippen LogP contribution in [0.2, 0.25) is 0 Å². The van der Waals surface area contributed by atoms with Crippen molar-refractivity contribution in [3.05, 3.63) is 155 Å². The second-order valence-electron chi connectivity index (χ2n) is 22.7. The average molecular weight is 1320 g/mol. The molecule has 2 saturated heterocycles. The Labute approximate surface area is 555 Å². The van der Waals surface area contributed by atoms with E-state index in [1.165, 1.54) is 104 Å². The Hall–Kier alpha value is -6.86. The first-order valence-electron chi connectivity index (χ1n) is 31.7. The van der Waals surface area contributed by atoms with Gasteiger partial charge in [-0.1, -0.05) is 164 Å². The monoisotopic (exact) mass is 1320 g/mol. The summed E-state index contributed by atoms with van der Waals surface area (Å²) in [5.41, 5.74) is 8.42. The summed E-state index contributed by atoms with van der Waals surface area (Å²) in [5.74, 6) is 1.13. The van der Waals surface area contributed by atoms with Gasteiger partial charge in [0.05, 0.1) is 27.9 Å². The molecule has 2 atom stereocenters. The zero-order valence-corrected chi connectivity index (χ0v) is 56.2. The van der Waals surface area contributed by atoms with Crippen molar-refractivity contribution in [2.24, 2.45) is 0 Å². The summed E-state index contributed by atoms with van der Waals surface area (Å²) in [6, 6.07) is 51.6. The van der Waals surface area contributed by atoms with Crippen molar-refractivity contribution in [2.45, 2.75) is 121 Å². The smallest absolute Gasteiger partial charge is 0.323 e. The Morgan fingerprint density at radius 3 is 1.47 bits per heavy atom. The number of carbonyl (C=O) groups is 3. The van der Waals surface area contributed by atoms with E-state index in [0.717, 1.165) is 119 Å². The Kier molecular flexibility index (Phi) is 22.6. The van der Waals surface area contributed by atoms with Gasteiger partial charge >= 0.3 is 5.97 Å². The quantitative estimate of drug-likeness (QED) is 0.0253. The molecule has 3 aliphatic heterocycles. The molecule has 8 aromatic rings. The maximum Gasteiger partial charge on any atom is 0.323 e. The van der Waals surface area contributed by atoms with Crippen LogP contribution in [0.3, 0.4) is 0 Å². The number of carboxylic acids is 1. The molecule has 5 aromatic carbocycles. The van der Waals surface area contributed by atoms with Crippen LogP contribution in [0.5, 0.6) is 23.0 Å². The molecule has 90 heavy (non-hydrogen) atoms. The van der Waals surface area contributed by atoms with Crippen LogP contribution in [0.25, 0.3) is 58.3 Å². The van der Waals surface area contributed by atoms with Crippen molar-refractivity contribution in [3.8, 4) is 75.2 Å². The number of fused-ring (bicyclic) bond motifs is 1. The van der Waals surface area contributed by atoms with Gasteiger partial charge in [-0.15, -0.1) is 34.0 Å². The normalized spacial score (nSPS) is 16.0. The summed E-state index contributed by atoms with van der Waals surface area (Å²) < 4.78 is 25.2. The van der Waals surface area contributed by atoms with Crippen molar-refractivity contribution < 1.29 is 38.4 Å². The van der Waals surface area contributed by atoms with Crippen molar-refractivity contribution in [1.29, 1.82) is 0 Å². The van der Waals surface area contributed by atoms with Crippen LogP contribution < -0.4 is 23.8 Å². The van der Waals surface area contributed by atoms with Gasteiger partial charge in [0, 0.05) is 43.1 Å². The summed E-state index contributed by atoms with van der Waals surface area (Å²) >= 11 is 13.2. The topological polar surface area (TPSA) is 118 Å². The number of ether oxygens (including phenoxy) is 4. The van der Waals surface area contributed by atoms with Gasteiger partial charge in [0.1, 0.15) is 46.2 Å². The molecule has 2 amide bonds. The maximum atomic E-state index is 14.3. The highest BCUT2D eigenvalue weighted by atomic mass is 32.2. The number of nitrogens with zero attached hydrogens (tertiary/aromatic N) is 3. The Morgan fingerprint density at radius 1 is 0.556 bits per heavy atom. The largest absolute Gasteiger partial charge is 0.494 e. The molecule has 11 rings (SSSR count). The number of unbranched alkanes of at least 4 members (excludes halogenated alkanes) is 11. The molecule has 6 heterocycles. The molecule has 0 radical (unpaired) electrons. The highest BCUT2D eigenvalue weighted by Gasteiger charge is 2.50. The van der Waals surface area contributed by atoms with Gasteiger partial charge in [0.25, 0.3) is 5.91 Å². The van der Waals surface area contributed by atoms with Gasteiger partial charge in [-0.05, 0) is 162 Å². The van der Waals surface area contributed by atoms with E-state index in [1.807, 2.05) is 0 Å². The van der Waals surface area contributed by atoms with Crippen molar-refractivity contribution >= 4 is 115 Å². The lowest BCUT2D eigenvalue weighted by Gasteiger charge is -2.26. The fourth-order valence-corrected chi connectivity index (χ4v) is 17.6. The molecule has 0 bridgehead atoms. The number of hydrogen-bond donors (Lipinski definition) is 1. The first-order chi connectivity index (χ1) is 44.1. The minimum absolute atomic E-state index is 0.183. The molecule has 2 fully saturated rings. The van der Waals surface area contributed by atoms with Gasteiger partial charge in [0.2, 0.25) is 5.91 Å². The second kappa shape index (κ2) is 31.4. The van der Waals surface area contributed by atoms with Crippen LogP contribution in [0.15, 0.2) is 150 Å². The van der Waals surface area contributed by atoms with E-state index >= 15 is 0 Å². The van der Waals surface area contributed by atoms with Gasteiger partial charge in [-0.2, -0.15) is 0 Å². The van der Waals surface area contributed by atoms with E-state index in [0.29, 0.717) is 45.4 Å². The molecule has 3 aliphatic rings. The number of thioether (sulfide) groups is 2. The fourth-order valence-electron chi connectivity index (χ4n) is 11.3. The number of thiophene rings is 3. The van der Waals surface area contributed by atoms with Crippen molar-refractivity contribution in [2.75, 3.05) is 44.4 Å². The molecular formula is C73H77N3O8S6. The zero-order chi connectivity index (χ0) is 62.3. The Bertz CT molecular complexity index is 3610. The first-order valence-corrected chi connectivity index (χ1v) is 36.3. The third-order valence-corrected chi connectivity index (χ3v) is 22.8. The molecule has 3 aromatic heterocycles. The highest BCUT2D eigenvalue weighted by molar-refractivity contribution is 8.25. The maximum absolute atomic E-state index is 14.3. The molecule has 1 N–H and O–H groups in total. The van der Waals surface area contributed by atoms with Crippen LogP contribution >= 0.6 is 69.8 Å². The average Bonchev–Trinajstić information content (AvgIpc) is 1.81. The summed E-state index contributed by atoms with van der Waals surface area (Å²) in [4.78, 5) is 52.4. The lowest BCUT2D eigenvalue weighted by molar-refractivity contribution is -0.143. The van der Waals surface area contributed by atoms with Gasteiger partial charge < -0.3 is 33.9 Å². The predicted molar refractivity (Wildman–Crippen MR) is 380 cm³/mol. The van der Waals surface area contributed by atoms with E-state index < -0.39 is 29.0 Å². The minimum atomic E-state index is -1.16. The van der Waals surface area contributed by atoms with Gasteiger partial charge in [-0.25, -0.2) is 0 Å². The molecule has 0 aliphatic carbocycles. The number of benzene rings is 5. The van der Waals surface area contributed by atoms with Crippen molar-refractivity contribution in [1.82, 2.24) is 9.80 Å². The molecular weight excluding hydrogens is 1240 g/mol. The summed E-state index contributed by atoms with van der Waals surface area (Å²) in [6.45, 7) is 8.75. The highest BCUT2D eigenvalue weighted by Crippen LogP contribution is 2.53. The van der Waals surface area contributed by atoms with Crippen LogP contribution in [0.1, 0.15) is 116 Å². The number of hydrogen-bond acceptors (Lipinski definition) is 14. The lowest BCUT2D eigenvalue weighted by Crippen LogP contribution is -2.45. The number of thiocarbonyl (C=S) groups is 1. The number of rotatable bonds is 31. The summed E-state index contributed by atoms with van der Waals surface area (Å²) in [7, 11) is 0. The summed E-state index contributed by atoms with van der Waals surface area (Å²) in [5, 5.41) is 8.53. The molecule has 468 valence electrons. The van der Waals surface area contributed by atoms with E-state index in [2.05, 4.69) is 171 Å². The number of amides is 2. The second-order valence-corrected chi connectivity index (χ2v) is 28.9. The number of aliphatic carboxylic acids is 1. The van der Waals surface area contributed by atoms with Gasteiger partial charge in [-0.3, -0.25) is 19.3 Å². The van der Waals surface area contributed by atoms with E-state index in [9.17, 15) is 19.5 Å². The van der Waals surface area contributed by atoms with Crippen LogP contribution in [-0.2, 0) is 14.4 Å². The number of anilines is 3. The van der Waals surface area contributed by atoms with Gasteiger partial charge in [0.15, 0.2) is 11.5 Å². The number of carboxylic acid groups (broad SMARTS) is 1. The predicted octanol–water partition coefficient (Wildman–Crippen LogP) is 20.3. The van der Waals surface area contributed by atoms with Crippen LogP contribution in [-0.4, -0.2) is 87.2 Å². The number of carbonyl (C=O) groups excluding carboxylic acids is 2. The first kappa shape index (κ1) is 64.7. The molecule has 2 unspecified atom stereocenters. The van der Waals surface area contributed by atoms with E-state index in [4.69, 9.17) is 31.2 Å². The Morgan fingerprint density at radius 2 is 0.989 bits per heavy atom. The third kappa shape index (κ3) is 15.7. The standard InChI is InChI=1S/C73H77N3O8S6/c1-4-7-10-13-14-15-42-74-71(80)69(90-73(74)85)72-75(48-65(77)78)70(79)64(89-72)47-63-66-67(84-46-45-83-66)68(88-63)53-22-32-56(33-23-53)76(54-28-18-49(19-29-54)59-38-40-61(86-59)51-24-34-57(35-25-51)81-43-16-11-8-5-2)55-30-20-50(21-31-55)60-39-41-62(87-60)52-26-36-58(37-27-52)82-44-17-12-9-6-3/h18-41,47,69,72H,4-17,42-46,48H2,1-3H3,(H,77,78)/b64-47-.